The van der Waals surface area contributed by atoms with Gasteiger partial charge in [-0.1, -0.05) is 0 Å². The van der Waals surface area contributed by atoms with Gasteiger partial charge >= 0.3 is 0 Å². The van der Waals surface area contributed by atoms with Gasteiger partial charge in [-0.2, -0.15) is 0 Å². The van der Waals surface area contributed by atoms with E-state index in [2.05, 4.69) is 15.3 Å². The highest BCUT2D eigenvalue weighted by Gasteiger charge is 2.01. The van der Waals surface area contributed by atoms with Crippen molar-refractivity contribution in [2.75, 3.05) is 12.4 Å². The van der Waals surface area contributed by atoms with Crippen LogP contribution in [0.5, 0.6) is 0 Å². The summed E-state index contributed by atoms with van der Waals surface area (Å²) in [5.74, 6) is 1.09. The fourth-order valence-electron chi connectivity index (χ4n) is 0.627. The molecule has 0 saturated heterocycles. The first-order chi connectivity index (χ1) is 4.74. The highest BCUT2D eigenvalue weighted by Crippen LogP contribution is 2.01. The lowest BCUT2D eigenvalue weighted by Crippen LogP contribution is -1.95. The Morgan fingerprint density at radius 2 is 2.50 bits per heavy atom. The van der Waals surface area contributed by atoms with Crippen LogP contribution in [0.4, 0.5) is 5.82 Å². The SMILES string of the molecule is CNc1cnc(C(C)=O)[nH]1. The molecule has 0 fully saturated rings. The van der Waals surface area contributed by atoms with Crippen LogP contribution < -0.4 is 5.32 Å². The Kier molecular flexibility index (Phi) is 1.71. The summed E-state index contributed by atoms with van der Waals surface area (Å²) >= 11 is 0. The Bertz CT molecular complexity index is 241. The Hall–Kier alpha value is -1.32. The minimum Gasteiger partial charge on any atom is -0.373 e. The van der Waals surface area contributed by atoms with Gasteiger partial charge in [0.15, 0.2) is 11.6 Å². The molecule has 54 valence electrons. The second-order valence-corrected chi connectivity index (χ2v) is 1.95. The minimum atomic E-state index is -0.0542. The molecule has 0 amide bonds. The summed E-state index contributed by atoms with van der Waals surface area (Å²) < 4.78 is 0. The molecule has 1 aromatic rings. The largest absolute Gasteiger partial charge is 0.373 e. The van der Waals surface area contributed by atoms with Gasteiger partial charge in [0.25, 0.3) is 0 Å². The molecule has 10 heavy (non-hydrogen) atoms. The van der Waals surface area contributed by atoms with Gasteiger partial charge in [0, 0.05) is 14.0 Å². The molecule has 0 radical (unpaired) electrons. The number of carbonyl (C=O) groups is 1. The maximum absolute atomic E-state index is 10.7. The molecule has 4 nitrogen and oxygen atoms in total. The van der Waals surface area contributed by atoms with Crippen LogP contribution in [-0.4, -0.2) is 22.8 Å². The van der Waals surface area contributed by atoms with E-state index >= 15 is 0 Å². The number of H-pyrrole nitrogens is 1. The molecular weight excluding hydrogens is 130 g/mol. The summed E-state index contributed by atoms with van der Waals surface area (Å²) in [6.45, 7) is 1.47. The van der Waals surface area contributed by atoms with Gasteiger partial charge in [0.2, 0.25) is 0 Å². The molecule has 1 rings (SSSR count). The van der Waals surface area contributed by atoms with Crippen LogP contribution in [0.25, 0.3) is 0 Å². The molecule has 0 aliphatic carbocycles. The van der Waals surface area contributed by atoms with Crippen LogP contribution in [0.2, 0.25) is 0 Å². The van der Waals surface area contributed by atoms with Crippen LogP contribution in [0, 0.1) is 0 Å². The number of nitrogens with zero attached hydrogens (tertiary/aromatic N) is 1. The molecule has 0 aliphatic heterocycles. The highest BCUT2D eigenvalue weighted by atomic mass is 16.1. The molecule has 0 saturated carbocycles. The predicted molar refractivity (Wildman–Crippen MR) is 38.1 cm³/mol. The normalized spacial score (nSPS) is 9.40. The summed E-state index contributed by atoms with van der Waals surface area (Å²) in [6, 6.07) is 0. The molecule has 1 heterocycles. The summed E-state index contributed by atoms with van der Waals surface area (Å²) in [6.07, 6.45) is 1.58. The monoisotopic (exact) mass is 139 g/mol. The molecule has 1 aromatic heterocycles. The average Bonchev–Trinajstić information content (AvgIpc) is 2.34. The number of Topliss-reactive ketones (excluding diaryl/α,β-unsaturated/α-hetero) is 1. The van der Waals surface area contributed by atoms with Gasteiger partial charge in [-0.15, -0.1) is 0 Å². The van der Waals surface area contributed by atoms with Crippen LogP contribution in [0.3, 0.4) is 0 Å². The van der Waals surface area contributed by atoms with Gasteiger partial charge in [0.05, 0.1) is 6.20 Å². The average molecular weight is 139 g/mol. The number of aromatic nitrogens is 2. The van der Waals surface area contributed by atoms with E-state index in [0.29, 0.717) is 5.82 Å². The molecular formula is C6H9N3O. The zero-order chi connectivity index (χ0) is 7.56. The number of anilines is 1. The van der Waals surface area contributed by atoms with E-state index in [1.54, 1.807) is 13.2 Å². The molecule has 0 bridgehead atoms. The highest BCUT2D eigenvalue weighted by molar-refractivity contribution is 5.90. The molecule has 0 atom stereocenters. The molecule has 0 aliphatic rings. The van der Waals surface area contributed by atoms with Crippen molar-refractivity contribution in [1.82, 2.24) is 9.97 Å². The summed E-state index contributed by atoms with van der Waals surface area (Å²) in [4.78, 5) is 17.3. The zero-order valence-corrected chi connectivity index (χ0v) is 5.93. The van der Waals surface area contributed by atoms with Gasteiger partial charge in [-0.05, 0) is 0 Å². The topological polar surface area (TPSA) is 57.8 Å². The van der Waals surface area contributed by atoms with Crippen molar-refractivity contribution in [2.45, 2.75) is 6.92 Å². The van der Waals surface area contributed by atoms with Crippen molar-refractivity contribution in [2.24, 2.45) is 0 Å². The first-order valence-electron chi connectivity index (χ1n) is 2.97. The van der Waals surface area contributed by atoms with E-state index in [0.717, 1.165) is 5.82 Å². The predicted octanol–water partition coefficient (Wildman–Crippen LogP) is 0.654. The number of nitrogens with one attached hydrogen (secondary N) is 2. The lowest BCUT2D eigenvalue weighted by molar-refractivity contribution is 0.100. The van der Waals surface area contributed by atoms with Crippen molar-refractivity contribution < 1.29 is 4.79 Å². The van der Waals surface area contributed by atoms with Gasteiger partial charge in [-0.25, -0.2) is 4.98 Å². The third-order valence-corrected chi connectivity index (χ3v) is 1.18. The second kappa shape index (κ2) is 2.51. The van der Waals surface area contributed by atoms with Crippen LogP contribution in [0.1, 0.15) is 17.5 Å². The summed E-state index contributed by atoms with van der Waals surface area (Å²) in [7, 11) is 1.76. The first kappa shape index (κ1) is 6.80. The third-order valence-electron chi connectivity index (χ3n) is 1.18. The van der Waals surface area contributed by atoms with Crippen molar-refractivity contribution in [3.63, 3.8) is 0 Å². The standard InChI is InChI=1S/C6H9N3O/c1-4(10)6-8-3-5(7-2)9-6/h3,7H,1-2H3,(H,8,9). The fourth-order valence-corrected chi connectivity index (χ4v) is 0.627. The van der Waals surface area contributed by atoms with Crippen LogP contribution in [-0.2, 0) is 0 Å². The first-order valence-corrected chi connectivity index (χ1v) is 2.97. The number of carbonyl (C=O) groups excluding carboxylic acids is 1. The quantitative estimate of drug-likeness (QED) is 0.591. The molecule has 0 spiro atoms. The number of aromatic amines is 1. The van der Waals surface area contributed by atoms with Gasteiger partial charge in [-0.3, -0.25) is 4.79 Å². The molecule has 2 N–H and O–H groups in total. The zero-order valence-electron chi connectivity index (χ0n) is 5.93. The molecule has 0 aromatic carbocycles. The van der Waals surface area contributed by atoms with Crippen molar-refractivity contribution in [3.8, 4) is 0 Å². The number of ketones is 1. The van der Waals surface area contributed by atoms with Crippen LogP contribution in [0.15, 0.2) is 6.20 Å². The Labute approximate surface area is 58.7 Å². The smallest absolute Gasteiger partial charge is 0.195 e. The Balaban J connectivity index is 2.88. The maximum Gasteiger partial charge on any atom is 0.195 e. The summed E-state index contributed by atoms with van der Waals surface area (Å²) in [5, 5.41) is 2.83. The number of rotatable bonds is 2. The maximum atomic E-state index is 10.7. The van der Waals surface area contributed by atoms with E-state index in [4.69, 9.17) is 0 Å². The van der Waals surface area contributed by atoms with E-state index in [-0.39, 0.29) is 5.78 Å². The van der Waals surface area contributed by atoms with Gasteiger partial charge in [0.1, 0.15) is 5.82 Å². The summed E-state index contributed by atoms with van der Waals surface area (Å²) in [5.41, 5.74) is 0. The lowest BCUT2D eigenvalue weighted by atomic mass is 10.4. The van der Waals surface area contributed by atoms with Crippen molar-refractivity contribution in [1.29, 1.82) is 0 Å². The van der Waals surface area contributed by atoms with E-state index in [1.807, 2.05) is 0 Å². The van der Waals surface area contributed by atoms with E-state index < -0.39 is 0 Å². The number of imidazole rings is 1. The molecule has 0 unspecified atom stereocenters. The lowest BCUT2D eigenvalue weighted by Gasteiger charge is -1.89. The van der Waals surface area contributed by atoms with E-state index in [9.17, 15) is 4.79 Å². The van der Waals surface area contributed by atoms with Crippen molar-refractivity contribution >= 4 is 11.6 Å². The second-order valence-electron chi connectivity index (χ2n) is 1.95. The number of hydrogen-bond acceptors (Lipinski definition) is 3. The molecule has 4 heteroatoms. The van der Waals surface area contributed by atoms with E-state index in [1.165, 1.54) is 6.92 Å². The van der Waals surface area contributed by atoms with Crippen molar-refractivity contribution in [3.05, 3.63) is 12.0 Å². The number of hydrogen-bond donors (Lipinski definition) is 2. The minimum absolute atomic E-state index is 0.0542. The fraction of sp³-hybridized carbons (Fsp3) is 0.333. The van der Waals surface area contributed by atoms with Gasteiger partial charge < -0.3 is 10.3 Å². The Morgan fingerprint density at radius 1 is 1.80 bits per heavy atom. The Morgan fingerprint density at radius 3 is 2.80 bits per heavy atom. The van der Waals surface area contributed by atoms with Crippen LogP contribution >= 0.6 is 0 Å². The third kappa shape index (κ3) is 1.15.